The van der Waals surface area contributed by atoms with Crippen molar-refractivity contribution < 1.29 is 19.1 Å². The molecule has 146 valence electrons. The van der Waals surface area contributed by atoms with Gasteiger partial charge in [0.2, 0.25) is 0 Å². The van der Waals surface area contributed by atoms with Crippen molar-refractivity contribution in [1.29, 1.82) is 0 Å². The van der Waals surface area contributed by atoms with Crippen LogP contribution in [0.15, 0.2) is 73.6 Å². The van der Waals surface area contributed by atoms with Crippen LogP contribution in [0.4, 0.5) is 10.6 Å². The number of hydrogen-bond acceptors (Lipinski definition) is 6. The van der Waals surface area contributed by atoms with Crippen molar-refractivity contribution in [2.45, 2.75) is 0 Å². The van der Waals surface area contributed by atoms with Gasteiger partial charge in [0.05, 0.1) is 18.4 Å². The third-order valence-corrected chi connectivity index (χ3v) is 3.98. The predicted molar refractivity (Wildman–Crippen MR) is 109 cm³/mol. The summed E-state index contributed by atoms with van der Waals surface area (Å²) in [7, 11) is 1.29. The smallest absolute Gasteiger partial charge is 0.413 e. The minimum absolute atomic E-state index is 0.0607. The number of anilines is 1. The van der Waals surface area contributed by atoms with E-state index in [9.17, 15) is 9.59 Å². The first-order valence-corrected chi connectivity index (χ1v) is 8.76. The van der Waals surface area contributed by atoms with E-state index in [4.69, 9.17) is 9.47 Å². The Morgan fingerprint density at radius 2 is 1.86 bits per heavy atom. The van der Waals surface area contributed by atoms with Crippen LogP contribution in [0.5, 0.6) is 0 Å². The van der Waals surface area contributed by atoms with Crippen LogP contribution in [-0.4, -0.2) is 35.7 Å². The Morgan fingerprint density at radius 1 is 1.10 bits per heavy atom. The van der Waals surface area contributed by atoms with E-state index in [2.05, 4.69) is 21.9 Å². The average molecular weight is 389 g/mol. The third-order valence-electron chi connectivity index (χ3n) is 3.98. The lowest BCUT2D eigenvalue weighted by Crippen LogP contribution is -2.15. The zero-order valence-corrected chi connectivity index (χ0v) is 15.8. The zero-order chi connectivity index (χ0) is 20.6. The van der Waals surface area contributed by atoms with E-state index in [1.165, 1.54) is 19.3 Å². The molecule has 2 aromatic heterocycles. The molecular weight excluding hydrogens is 370 g/mol. The molecule has 0 aliphatic rings. The van der Waals surface area contributed by atoms with Gasteiger partial charge in [0, 0.05) is 18.0 Å². The monoisotopic (exact) mass is 389 g/mol. The van der Waals surface area contributed by atoms with Crippen molar-refractivity contribution in [2.24, 2.45) is 0 Å². The maximum Gasteiger partial charge on any atom is 0.413 e. The van der Waals surface area contributed by atoms with Gasteiger partial charge in [-0.3, -0.25) is 10.3 Å². The van der Waals surface area contributed by atoms with Gasteiger partial charge in [-0.05, 0) is 29.3 Å². The second-order valence-electron chi connectivity index (χ2n) is 5.95. The second-order valence-corrected chi connectivity index (χ2v) is 5.95. The summed E-state index contributed by atoms with van der Waals surface area (Å²) in [4.78, 5) is 32.4. The molecule has 0 unspecified atom stereocenters. The van der Waals surface area contributed by atoms with Crippen LogP contribution in [0.3, 0.4) is 0 Å². The van der Waals surface area contributed by atoms with Crippen molar-refractivity contribution in [3.05, 3.63) is 79.1 Å². The molecule has 3 aromatic rings. The standard InChI is InChI=1S/C22H19N3O4/c1-3-11-29-22(27)25-20-13-18(21(26)28-2)12-19(24-20)16-8-6-15(7-9-16)17-5-4-10-23-14-17/h3-10,12-14H,1,11H2,2H3,(H,24,25,27). The van der Waals surface area contributed by atoms with Crippen molar-refractivity contribution >= 4 is 17.9 Å². The van der Waals surface area contributed by atoms with Gasteiger partial charge in [-0.25, -0.2) is 14.6 Å². The van der Waals surface area contributed by atoms with Gasteiger partial charge in [-0.2, -0.15) is 0 Å². The predicted octanol–water partition coefficient (Wildman–Crippen LogP) is 4.33. The Balaban J connectivity index is 1.92. The molecule has 0 saturated carbocycles. The number of methoxy groups -OCH3 is 1. The Bertz CT molecular complexity index is 1020. The summed E-state index contributed by atoms with van der Waals surface area (Å²) in [6.45, 7) is 3.55. The van der Waals surface area contributed by atoms with Crippen LogP contribution in [-0.2, 0) is 9.47 Å². The van der Waals surface area contributed by atoms with Gasteiger partial charge in [0.1, 0.15) is 12.4 Å². The van der Waals surface area contributed by atoms with Crippen molar-refractivity contribution in [3.8, 4) is 22.4 Å². The van der Waals surface area contributed by atoms with Gasteiger partial charge in [-0.1, -0.05) is 43.0 Å². The van der Waals surface area contributed by atoms with Crippen molar-refractivity contribution in [3.63, 3.8) is 0 Å². The summed E-state index contributed by atoms with van der Waals surface area (Å²) in [5, 5.41) is 2.51. The summed E-state index contributed by atoms with van der Waals surface area (Å²) < 4.78 is 9.70. The molecule has 1 N–H and O–H groups in total. The van der Waals surface area contributed by atoms with E-state index >= 15 is 0 Å². The van der Waals surface area contributed by atoms with Crippen molar-refractivity contribution in [1.82, 2.24) is 9.97 Å². The molecule has 0 radical (unpaired) electrons. The molecule has 7 nitrogen and oxygen atoms in total. The highest BCUT2D eigenvalue weighted by Crippen LogP contribution is 2.25. The highest BCUT2D eigenvalue weighted by Gasteiger charge is 2.13. The van der Waals surface area contributed by atoms with Crippen LogP contribution in [0.2, 0.25) is 0 Å². The lowest BCUT2D eigenvalue weighted by molar-refractivity contribution is 0.0600. The first-order valence-electron chi connectivity index (χ1n) is 8.76. The fourth-order valence-corrected chi connectivity index (χ4v) is 2.62. The molecule has 1 aromatic carbocycles. The minimum atomic E-state index is -0.697. The molecule has 7 heteroatoms. The van der Waals surface area contributed by atoms with E-state index in [1.807, 2.05) is 36.4 Å². The maximum absolute atomic E-state index is 12.0. The molecular formula is C22H19N3O4. The number of amides is 1. The summed E-state index contributed by atoms with van der Waals surface area (Å²) in [6.07, 6.45) is 4.25. The van der Waals surface area contributed by atoms with E-state index in [1.54, 1.807) is 18.5 Å². The Hall–Kier alpha value is -4.00. The largest absolute Gasteiger partial charge is 0.465 e. The van der Waals surface area contributed by atoms with Gasteiger partial charge < -0.3 is 9.47 Å². The second kappa shape index (κ2) is 9.27. The number of rotatable bonds is 6. The fraction of sp³-hybridized carbons (Fsp3) is 0.0909. The summed E-state index contributed by atoms with van der Waals surface area (Å²) in [5.74, 6) is -0.364. The van der Waals surface area contributed by atoms with Crippen LogP contribution < -0.4 is 5.32 Å². The summed E-state index contributed by atoms with van der Waals surface area (Å²) >= 11 is 0. The topological polar surface area (TPSA) is 90.4 Å². The molecule has 0 bridgehead atoms. The van der Waals surface area contributed by atoms with E-state index in [0.29, 0.717) is 5.69 Å². The molecule has 1 amide bonds. The van der Waals surface area contributed by atoms with E-state index in [-0.39, 0.29) is 18.0 Å². The van der Waals surface area contributed by atoms with E-state index in [0.717, 1.165) is 16.7 Å². The highest BCUT2D eigenvalue weighted by molar-refractivity contribution is 5.93. The molecule has 0 fully saturated rings. The van der Waals surface area contributed by atoms with Crippen LogP contribution >= 0.6 is 0 Å². The van der Waals surface area contributed by atoms with Crippen LogP contribution in [0.1, 0.15) is 10.4 Å². The highest BCUT2D eigenvalue weighted by atomic mass is 16.5. The van der Waals surface area contributed by atoms with Crippen LogP contribution in [0.25, 0.3) is 22.4 Å². The quantitative estimate of drug-likeness (QED) is 0.498. The number of esters is 1. The molecule has 0 spiro atoms. The SMILES string of the molecule is C=CCOC(=O)Nc1cc(C(=O)OC)cc(-c2ccc(-c3cccnc3)cc2)n1. The molecule has 0 aliphatic heterocycles. The lowest BCUT2D eigenvalue weighted by atomic mass is 10.0. The number of pyridine rings is 2. The number of carbonyl (C=O) groups is 2. The normalized spacial score (nSPS) is 10.1. The first kappa shape index (κ1) is 19.8. The number of benzene rings is 1. The molecule has 3 rings (SSSR count). The lowest BCUT2D eigenvalue weighted by Gasteiger charge is -2.10. The Kier molecular flexibility index (Phi) is 6.32. The molecule has 29 heavy (non-hydrogen) atoms. The summed E-state index contributed by atoms with van der Waals surface area (Å²) in [5.41, 5.74) is 3.52. The summed E-state index contributed by atoms with van der Waals surface area (Å²) in [6, 6.07) is 14.5. The number of nitrogens with one attached hydrogen (secondary N) is 1. The Morgan fingerprint density at radius 3 is 2.52 bits per heavy atom. The number of hydrogen-bond donors (Lipinski definition) is 1. The minimum Gasteiger partial charge on any atom is -0.465 e. The molecule has 0 atom stereocenters. The van der Waals surface area contributed by atoms with Gasteiger partial charge in [0.15, 0.2) is 0 Å². The molecule has 2 heterocycles. The maximum atomic E-state index is 12.0. The first-order chi connectivity index (χ1) is 14.1. The van der Waals surface area contributed by atoms with Gasteiger partial charge >= 0.3 is 12.1 Å². The number of aromatic nitrogens is 2. The van der Waals surface area contributed by atoms with Gasteiger partial charge in [0.25, 0.3) is 0 Å². The molecule has 0 saturated heterocycles. The van der Waals surface area contributed by atoms with E-state index < -0.39 is 12.1 Å². The van der Waals surface area contributed by atoms with Crippen LogP contribution in [0, 0.1) is 0 Å². The average Bonchev–Trinajstić information content (AvgIpc) is 2.77. The van der Waals surface area contributed by atoms with Crippen molar-refractivity contribution in [2.75, 3.05) is 19.0 Å². The molecule has 0 aliphatic carbocycles. The van der Waals surface area contributed by atoms with Gasteiger partial charge in [-0.15, -0.1) is 0 Å². The number of nitrogens with zero attached hydrogens (tertiary/aromatic N) is 2. The third kappa shape index (κ3) is 5.04. The zero-order valence-electron chi connectivity index (χ0n) is 15.8. The fourth-order valence-electron chi connectivity index (χ4n) is 2.62. The Labute approximate surface area is 168 Å². The number of ether oxygens (including phenoxy) is 2. The number of carbonyl (C=O) groups excluding carboxylic acids is 2.